The molecule has 2 rings (SSSR count). The summed E-state index contributed by atoms with van der Waals surface area (Å²) in [5, 5.41) is 0. The summed E-state index contributed by atoms with van der Waals surface area (Å²) in [6, 6.07) is 4.12. The number of fused-ring (bicyclic) bond motifs is 1. The zero-order valence-electron chi connectivity index (χ0n) is 9.87. The summed E-state index contributed by atoms with van der Waals surface area (Å²) < 4.78 is 61.0. The van der Waals surface area contributed by atoms with Crippen molar-refractivity contribution in [2.75, 3.05) is 4.72 Å². The average molecular weight is 294 g/mol. The molecule has 1 aromatic carbocycles. The Morgan fingerprint density at radius 1 is 1.32 bits per heavy atom. The third-order valence-electron chi connectivity index (χ3n) is 3.08. The van der Waals surface area contributed by atoms with E-state index in [9.17, 15) is 21.6 Å². The highest BCUT2D eigenvalue weighted by molar-refractivity contribution is 7.93. The summed E-state index contributed by atoms with van der Waals surface area (Å²) in [4.78, 5) is 0. The number of hydrogen-bond acceptors (Lipinski definition) is 3. The van der Waals surface area contributed by atoms with Crippen LogP contribution in [0.25, 0.3) is 0 Å². The minimum Gasteiger partial charge on any atom is -0.324 e. The predicted octanol–water partition coefficient (Wildman–Crippen LogP) is 2.28. The van der Waals surface area contributed by atoms with E-state index < -0.39 is 21.6 Å². The third kappa shape index (κ3) is 2.69. The summed E-state index contributed by atoms with van der Waals surface area (Å²) in [5.41, 5.74) is 1.69. The van der Waals surface area contributed by atoms with Gasteiger partial charge in [-0.2, -0.15) is 21.6 Å². The highest BCUT2D eigenvalue weighted by Gasteiger charge is 2.46. The maximum absolute atomic E-state index is 12.4. The number of rotatable bonds is 2. The van der Waals surface area contributed by atoms with Gasteiger partial charge in [0.05, 0.1) is 5.69 Å². The second-order valence-corrected chi connectivity index (χ2v) is 6.10. The smallest absolute Gasteiger partial charge is 0.324 e. The molecule has 0 saturated carbocycles. The molecule has 3 N–H and O–H groups in total. The van der Waals surface area contributed by atoms with E-state index >= 15 is 0 Å². The number of alkyl halides is 3. The largest absolute Gasteiger partial charge is 0.516 e. The van der Waals surface area contributed by atoms with Gasteiger partial charge in [0, 0.05) is 6.04 Å². The molecule has 0 bridgehead atoms. The van der Waals surface area contributed by atoms with Gasteiger partial charge in [-0.25, -0.2) is 0 Å². The van der Waals surface area contributed by atoms with Gasteiger partial charge >= 0.3 is 15.5 Å². The Bertz CT molecular complexity index is 584. The van der Waals surface area contributed by atoms with Crippen molar-refractivity contribution in [3.8, 4) is 0 Å². The molecule has 0 fully saturated rings. The fourth-order valence-electron chi connectivity index (χ4n) is 2.22. The summed E-state index contributed by atoms with van der Waals surface area (Å²) >= 11 is 0. The lowest BCUT2D eigenvalue weighted by Crippen LogP contribution is -2.31. The van der Waals surface area contributed by atoms with Crippen LogP contribution in [0.15, 0.2) is 18.2 Å². The van der Waals surface area contributed by atoms with Gasteiger partial charge < -0.3 is 5.73 Å². The van der Waals surface area contributed by atoms with Gasteiger partial charge in [-0.3, -0.25) is 4.72 Å². The number of nitrogens with two attached hydrogens (primary N) is 1. The molecule has 0 heterocycles. The average Bonchev–Trinajstić information content (AvgIpc) is 2.27. The van der Waals surface area contributed by atoms with Crippen LogP contribution in [0.5, 0.6) is 0 Å². The van der Waals surface area contributed by atoms with Crippen molar-refractivity contribution in [3.05, 3.63) is 29.3 Å². The van der Waals surface area contributed by atoms with Crippen molar-refractivity contribution in [3.63, 3.8) is 0 Å². The molecular weight excluding hydrogens is 281 g/mol. The zero-order valence-corrected chi connectivity index (χ0v) is 10.7. The Morgan fingerprint density at radius 2 is 2.00 bits per heavy atom. The number of hydrogen-bond donors (Lipinski definition) is 2. The van der Waals surface area contributed by atoms with Gasteiger partial charge in [0.25, 0.3) is 0 Å². The van der Waals surface area contributed by atoms with Crippen molar-refractivity contribution < 1.29 is 21.6 Å². The lowest BCUT2D eigenvalue weighted by atomic mass is 9.87. The first-order chi connectivity index (χ1) is 8.72. The lowest BCUT2D eigenvalue weighted by molar-refractivity contribution is -0.0429. The van der Waals surface area contributed by atoms with Crippen molar-refractivity contribution in [1.82, 2.24) is 0 Å². The Kier molecular flexibility index (Phi) is 3.48. The van der Waals surface area contributed by atoms with E-state index in [-0.39, 0.29) is 5.69 Å². The van der Waals surface area contributed by atoms with Crippen LogP contribution in [-0.2, 0) is 16.4 Å². The van der Waals surface area contributed by atoms with Crippen LogP contribution in [0.2, 0.25) is 0 Å². The van der Waals surface area contributed by atoms with E-state index in [2.05, 4.69) is 0 Å². The summed E-state index contributed by atoms with van der Waals surface area (Å²) in [7, 11) is -5.41. The fourth-order valence-corrected chi connectivity index (χ4v) is 2.80. The minimum atomic E-state index is -5.41. The molecule has 8 heteroatoms. The molecule has 106 valence electrons. The Balaban J connectivity index is 2.43. The molecule has 1 aromatic rings. The number of aryl methyl sites for hydroxylation is 1. The van der Waals surface area contributed by atoms with Crippen LogP contribution < -0.4 is 10.5 Å². The van der Waals surface area contributed by atoms with Crippen LogP contribution in [0, 0.1) is 0 Å². The van der Waals surface area contributed by atoms with Crippen molar-refractivity contribution in [2.24, 2.45) is 5.73 Å². The molecule has 0 amide bonds. The van der Waals surface area contributed by atoms with Gasteiger partial charge in [0.1, 0.15) is 0 Å². The quantitative estimate of drug-likeness (QED) is 0.879. The second-order valence-electron chi connectivity index (χ2n) is 4.43. The van der Waals surface area contributed by atoms with E-state index in [0.717, 1.165) is 12.0 Å². The fraction of sp³-hybridized carbons (Fsp3) is 0.455. The van der Waals surface area contributed by atoms with Gasteiger partial charge in [0.15, 0.2) is 0 Å². The normalized spacial score (nSPS) is 19.9. The highest BCUT2D eigenvalue weighted by Crippen LogP contribution is 2.35. The molecule has 0 unspecified atom stereocenters. The number of sulfonamides is 1. The van der Waals surface area contributed by atoms with Crippen LogP contribution in [-0.4, -0.2) is 13.9 Å². The SMILES string of the molecule is N[C@@H]1CCCc2cccc(NS(=O)(=O)C(F)(F)F)c21. The molecule has 19 heavy (non-hydrogen) atoms. The molecule has 0 aliphatic heterocycles. The Labute approximate surface area is 108 Å². The highest BCUT2D eigenvalue weighted by atomic mass is 32.2. The van der Waals surface area contributed by atoms with E-state index in [4.69, 9.17) is 5.73 Å². The summed E-state index contributed by atoms with van der Waals surface area (Å²) in [6.07, 6.45) is 2.14. The second kappa shape index (κ2) is 4.68. The maximum Gasteiger partial charge on any atom is 0.516 e. The number of benzene rings is 1. The molecule has 0 saturated heterocycles. The summed E-state index contributed by atoms with van der Waals surface area (Å²) in [5.74, 6) is 0. The lowest BCUT2D eigenvalue weighted by Gasteiger charge is -2.25. The standard InChI is InChI=1S/C11H13F3N2O2S/c12-11(13,14)19(17,18)16-9-6-2-4-7-3-1-5-8(15)10(7)9/h2,4,6,8,16H,1,3,5,15H2/t8-/m1/s1. The molecule has 4 nitrogen and oxygen atoms in total. The number of nitrogens with one attached hydrogen (secondary N) is 1. The molecule has 0 aromatic heterocycles. The van der Waals surface area contributed by atoms with Crippen LogP contribution in [0.3, 0.4) is 0 Å². The maximum atomic E-state index is 12.4. The molecule has 0 radical (unpaired) electrons. The molecule has 1 aliphatic rings. The molecular formula is C11H13F3N2O2S. The zero-order chi connectivity index (χ0) is 14.3. The van der Waals surface area contributed by atoms with Crippen LogP contribution in [0.4, 0.5) is 18.9 Å². The van der Waals surface area contributed by atoms with Crippen molar-refractivity contribution in [2.45, 2.75) is 30.8 Å². The molecule has 0 spiro atoms. The first-order valence-electron chi connectivity index (χ1n) is 5.69. The van der Waals surface area contributed by atoms with Gasteiger partial charge in [-0.1, -0.05) is 12.1 Å². The summed E-state index contributed by atoms with van der Waals surface area (Å²) in [6.45, 7) is 0. The van der Waals surface area contributed by atoms with E-state index in [1.807, 2.05) is 0 Å². The van der Waals surface area contributed by atoms with Crippen LogP contribution in [0.1, 0.15) is 30.0 Å². The first-order valence-corrected chi connectivity index (χ1v) is 7.17. The van der Waals surface area contributed by atoms with Crippen molar-refractivity contribution >= 4 is 15.7 Å². The van der Waals surface area contributed by atoms with E-state index in [0.29, 0.717) is 18.4 Å². The minimum absolute atomic E-state index is 0.0815. The molecule has 1 aliphatic carbocycles. The Morgan fingerprint density at radius 3 is 2.63 bits per heavy atom. The van der Waals surface area contributed by atoms with E-state index in [1.54, 1.807) is 10.8 Å². The van der Waals surface area contributed by atoms with Gasteiger partial charge in [-0.05, 0) is 36.5 Å². The van der Waals surface area contributed by atoms with E-state index in [1.165, 1.54) is 12.1 Å². The van der Waals surface area contributed by atoms with Crippen LogP contribution >= 0.6 is 0 Å². The number of halogens is 3. The van der Waals surface area contributed by atoms with Gasteiger partial charge in [0.2, 0.25) is 0 Å². The first kappa shape index (κ1) is 14.1. The van der Waals surface area contributed by atoms with Crippen molar-refractivity contribution in [1.29, 1.82) is 0 Å². The molecule has 1 atom stereocenters. The Hall–Kier alpha value is -1.28. The topological polar surface area (TPSA) is 72.2 Å². The number of anilines is 1. The van der Waals surface area contributed by atoms with Gasteiger partial charge in [-0.15, -0.1) is 0 Å². The monoisotopic (exact) mass is 294 g/mol. The third-order valence-corrected chi connectivity index (χ3v) is 4.18. The predicted molar refractivity (Wildman–Crippen MR) is 64.9 cm³/mol.